The minimum Gasteiger partial charge on any atom is -0.498 e. The van der Waals surface area contributed by atoms with Crippen LogP contribution in [0.1, 0.15) is 68.6 Å². The summed E-state index contributed by atoms with van der Waals surface area (Å²) in [5.74, 6) is -13.3. The molecule has 1 heterocycles. The van der Waals surface area contributed by atoms with Gasteiger partial charge in [-0.3, -0.25) is 0 Å². The fraction of sp³-hybridized carbons (Fsp3) is 0.462. The standard InChI is InChI=1S/C26H26F6O2/c1-3-5-6-7-16-9-8-15(14-34-16)17-10-11-18-19-12-13-20(33-4-2)24(28)22(19)26(31,32)25(29,30)21(18)23(17)27/h9-13,15H,3-8,14H2,1-2H3. The van der Waals surface area contributed by atoms with Crippen molar-refractivity contribution in [3.05, 3.63) is 64.4 Å². The molecule has 34 heavy (non-hydrogen) atoms. The highest BCUT2D eigenvalue weighted by Gasteiger charge is 2.65. The van der Waals surface area contributed by atoms with Gasteiger partial charge in [0.05, 0.1) is 30.1 Å². The van der Waals surface area contributed by atoms with Gasteiger partial charge in [0, 0.05) is 12.3 Å². The van der Waals surface area contributed by atoms with Gasteiger partial charge in [0.25, 0.3) is 0 Å². The first-order valence-corrected chi connectivity index (χ1v) is 11.5. The van der Waals surface area contributed by atoms with E-state index in [4.69, 9.17) is 9.47 Å². The van der Waals surface area contributed by atoms with E-state index >= 15 is 22.0 Å². The normalized spacial score (nSPS) is 20.1. The fourth-order valence-electron chi connectivity index (χ4n) is 4.66. The molecule has 2 aliphatic rings. The van der Waals surface area contributed by atoms with Crippen LogP contribution in [0.15, 0.2) is 36.1 Å². The van der Waals surface area contributed by atoms with E-state index in [1.54, 1.807) is 6.08 Å². The zero-order chi connectivity index (χ0) is 24.7. The average Bonchev–Trinajstić information content (AvgIpc) is 2.80. The zero-order valence-corrected chi connectivity index (χ0v) is 19.0. The SMILES string of the molecule is CCCCCC1=CCC(c2ccc3c(c2F)C(F)(F)C(F)(F)c2c-3ccc(OCC)c2F)CO1. The topological polar surface area (TPSA) is 18.5 Å². The van der Waals surface area contributed by atoms with Crippen molar-refractivity contribution in [2.24, 2.45) is 0 Å². The minimum absolute atomic E-state index is 0.0372. The summed E-state index contributed by atoms with van der Waals surface area (Å²) in [7, 11) is 0. The van der Waals surface area contributed by atoms with Gasteiger partial charge in [0.1, 0.15) is 5.82 Å². The lowest BCUT2D eigenvalue weighted by Crippen LogP contribution is -2.41. The van der Waals surface area contributed by atoms with Gasteiger partial charge in [-0.25, -0.2) is 8.78 Å². The third-order valence-corrected chi connectivity index (χ3v) is 6.46. The van der Waals surface area contributed by atoms with Gasteiger partial charge in [-0.15, -0.1) is 0 Å². The lowest BCUT2D eigenvalue weighted by Gasteiger charge is -2.36. The second kappa shape index (κ2) is 9.19. The predicted octanol–water partition coefficient (Wildman–Crippen LogP) is 8.20. The van der Waals surface area contributed by atoms with Crippen LogP contribution in [-0.4, -0.2) is 13.2 Å². The van der Waals surface area contributed by atoms with Crippen molar-refractivity contribution in [2.45, 2.75) is 63.7 Å². The summed E-state index contributed by atoms with van der Waals surface area (Å²) in [5, 5.41) is 0. The van der Waals surface area contributed by atoms with Crippen molar-refractivity contribution in [1.82, 2.24) is 0 Å². The number of hydrogen-bond donors (Lipinski definition) is 0. The van der Waals surface area contributed by atoms with Crippen molar-refractivity contribution in [3.8, 4) is 16.9 Å². The van der Waals surface area contributed by atoms with Crippen molar-refractivity contribution < 1.29 is 35.8 Å². The lowest BCUT2D eigenvalue weighted by atomic mass is 9.77. The fourth-order valence-corrected chi connectivity index (χ4v) is 4.66. The Morgan fingerprint density at radius 1 is 0.912 bits per heavy atom. The van der Waals surface area contributed by atoms with E-state index < -0.39 is 57.4 Å². The van der Waals surface area contributed by atoms with Crippen LogP contribution >= 0.6 is 0 Å². The van der Waals surface area contributed by atoms with Crippen molar-refractivity contribution in [1.29, 1.82) is 0 Å². The molecule has 0 N–H and O–H groups in total. The van der Waals surface area contributed by atoms with Gasteiger partial charge in [-0.2, -0.15) is 17.6 Å². The van der Waals surface area contributed by atoms with Gasteiger partial charge < -0.3 is 9.47 Å². The van der Waals surface area contributed by atoms with E-state index in [1.165, 1.54) is 13.0 Å². The van der Waals surface area contributed by atoms with Gasteiger partial charge in [-0.1, -0.05) is 31.9 Å². The number of allylic oxidation sites excluding steroid dienone is 2. The molecule has 0 spiro atoms. The molecule has 0 aromatic heterocycles. The zero-order valence-electron chi connectivity index (χ0n) is 19.0. The van der Waals surface area contributed by atoms with Crippen LogP contribution in [0.2, 0.25) is 0 Å². The highest BCUT2D eigenvalue weighted by molar-refractivity contribution is 5.77. The molecule has 0 saturated heterocycles. The molecule has 1 aliphatic heterocycles. The minimum atomic E-state index is -4.97. The summed E-state index contributed by atoms with van der Waals surface area (Å²) in [4.78, 5) is 0. The van der Waals surface area contributed by atoms with Crippen LogP contribution < -0.4 is 4.74 Å². The summed E-state index contributed by atoms with van der Waals surface area (Å²) >= 11 is 0. The number of hydrogen-bond acceptors (Lipinski definition) is 2. The summed E-state index contributed by atoms with van der Waals surface area (Å²) in [6.45, 7) is 3.62. The Bertz CT molecular complexity index is 1110. The molecular weight excluding hydrogens is 458 g/mol. The molecule has 0 fully saturated rings. The molecule has 2 aromatic carbocycles. The van der Waals surface area contributed by atoms with Crippen LogP contribution in [0.3, 0.4) is 0 Å². The number of benzene rings is 2. The molecule has 0 radical (unpaired) electrons. The number of fused-ring (bicyclic) bond motifs is 3. The van der Waals surface area contributed by atoms with Crippen LogP contribution in [-0.2, 0) is 16.6 Å². The first-order valence-electron chi connectivity index (χ1n) is 11.5. The third kappa shape index (κ3) is 3.85. The Kier molecular flexibility index (Phi) is 6.62. The molecule has 4 rings (SSSR count). The molecule has 2 aromatic rings. The van der Waals surface area contributed by atoms with Crippen molar-refractivity contribution in [2.75, 3.05) is 13.2 Å². The molecule has 1 aliphatic carbocycles. The maximum absolute atomic E-state index is 15.5. The van der Waals surface area contributed by atoms with E-state index in [0.717, 1.165) is 49.6 Å². The number of rotatable bonds is 7. The highest BCUT2D eigenvalue weighted by Crippen LogP contribution is 2.60. The Labute approximate surface area is 194 Å². The highest BCUT2D eigenvalue weighted by atomic mass is 19.3. The first kappa shape index (κ1) is 24.5. The van der Waals surface area contributed by atoms with E-state index in [9.17, 15) is 4.39 Å². The van der Waals surface area contributed by atoms with Crippen molar-refractivity contribution in [3.63, 3.8) is 0 Å². The summed E-state index contributed by atoms with van der Waals surface area (Å²) in [6.07, 6.45) is 5.93. The second-order valence-electron chi connectivity index (χ2n) is 8.64. The quantitative estimate of drug-likeness (QED) is 0.291. The van der Waals surface area contributed by atoms with Crippen LogP contribution in [0.5, 0.6) is 5.75 Å². The summed E-state index contributed by atoms with van der Waals surface area (Å²) in [5.41, 5.74) is -3.95. The van der Waals surface area contributed by atoms with E-state index in [0.29, 0.717) is 6.42 Å². The second-order valence-corrected chi connectivity index (χ2v) is 8.64. The molecule has 0 saturated carbocycles. The van der Waals surface area contributed by atoms with Gasteiger partial charge in [0.2, 0.25) is 0 Å². The summed E-state index contributed by atoms with van der Waals surface area (Å²) < 4.78 is 101. The maximum Gasteiger partial charge on any atom is 0.343 e. The van der Waals surface area contributed by atoms with E-state index in [-0.39, 0.29) is 18.8 Å². The maximum atomic E-state index is 15.5. The number of ether oxygens (including phenoxy) is 2. The van der Waals surface area contributed by atoms with Gasteiger partial charge in [0.15, 0.2) is 11.6 Å². The molecule has 2 nitrogen and oxygen atoms in total. The smallest absolute Gasteiger partial charge is 0.343 e. The molecule has 184 valence electrons. The predicted molar refractivity (Wildman–Crippen MR) is 116 cm³/mol. The first-order chi connectivity index (χ1) is 16.1. The largest absolute Gasteiger partial charge is 0.498 e. The molecule has 1 unspecified atom stereocenters. The number of unbranched alkanes of at least 4 members (excludes halogenated alkanes) is 2. The monoisotopic (exact) mass is 484 g/mol. The van der Waals surface area contributed by atoms with E-state index in [1.807, 2.05) is 0 Å². The third-order valence-electron chi connectivity index (χ3n) is 6.46. The molecule has 0 bridgehead atoms. The molecule has 8 heteroatoms. The molecule has 1 atom stereocenters. The van der Waals surface area contributed by atoms with Gasteiger partial charge in [-0.05, 0) is 54.7 Å². The van der Waals surface area contributed by atoms with Crippen LogP contribution in [0.4, 0.5) is 26.3 Å². The molecule has 0 amide bonds. The molecular formula is C26H26F6O2. The summed E-state index contributed by atoms with van der Waals surface area (Å²) in [6, 6.07) is 4.62. The van der Waals surface area contributed by atoms with Crippen LogP contribution in [0, 0.1) is 11.6 Å². The Morgan fingerprint density at radius 2 is 1.56 bits per heavy atom. The van der Waals surface area contributed by atoms with Crippen LogP contribution in [0.25, 0.3) is 11.1 Å². The lowest BCUT2D eigenvalue weighted by molar-refractivity contribution is -0.228. The Morgan fingerprint density at radius 3 is 2.15 bits per heavy atom. The average molecular weight is 484 g/mol. The Balaban J connectivity index is 1.76. The number of alkyl halides is 4. The van der Waals surface area contributed by atoms with E-state index in [2.05, 4.69) is 6.92 Å². The van der Waals surface area contributed by atoms with Crippen molar-refractivity contribution >= 4 is 0 Å². The Hall–Kier alpha value is -2.64. The number of halogens is 6. The van der Waals surface area contributed by atoms with Gasteiger partial charge >= 0.3 is 11.8 Å².